The van der Waals surface area contributed by atoms with Crippen LogP contribution in [-0.2, 0) is 0 Å². The van der Waals surface area contributed by atoms with Gasteiger partial charge in [0, 0.05) is 31.4 Å². The summed E-state index contributed by atoms with van der Waals surface area (Å²) < 4.78 is 11.0. The van der Waals surface area contributed by atoms with Crippen molar-refractivity contribution in [2.45, 2.75) is 0 Å². The minimum Gasteiger partial charge on any atom is -0.497 e. The van der Waals surface area contributed by atoms with Crippen LogP contribution in [0, 0.1) is 0 Å². The molecule has 0 fully saturated rings. The van der Waals surface area contributed by atoms with Crippen LogP contribution in [0.2, 0.25) is 0 Å². The molecule has 0 aliphatic heterocycles. The summed E-state index contributed by atoms with van der Waals surface area (Å²) in [6.45, 7) is 2.03. The third-order valence-corrected chi connectivity index (χ3v) is 3.01. The molecule has 0 bridgehead atoms. The fraction of sp³-hybridized carbons (Fsp3) is 0.429. The van der Waals surface area contributed by atoms with E-state index < -0.39 is 0 Å². The number of rotatable bonds is 7. The zero-order valence-corrected chi connectivity index (χ0v) is 11.7. The first kappa shape index (κ1) is 14.5. The van der Waals surface area contributed by atoms with Gasteiger partial charge in [0.25, 0.3) is 0 Å². The monoisotopic (exact) mass is 277 g/mol. The molecule has 20 heavy (non-hydrogen) atoms. The van der Waals surface area contributed by atoms with Gasteiger partial charge in [-0.25, -0.2) is 9.97 Å². The van der Waals surface area contributed by atoms with Gasteiger partial charge in [0.05, 0.1) is 24.6 Å². The maximum atomic E-state index is 8.85. The van der Waals surface area contributed by atoms with Crippen molar-refractivity contribution in [1.82, 2.24) is 14.9 Å². The van der Waals surface area contributed by atoms with Gasteiger partial charge in [-0.05, 0) is 7.05 Å². The molecule has 2 aromatic rings. The number of likely N-dealkylation sites (N-methyl/N-ethyl adjacent to an activating group) is 1. The molecule has 1 N–H and O–H groups in total. The number of hydrogen-bond donors (Lipinski definition) is 1. The third kappa shape index (κ3) is 3.55. The van der Waals surface area contributed by atoms with Crippen LogP contribution in [0.5, 0.6) is 11.5 Å². The van der Waals surface area contributed by atoms with Gasteiger partial charge in [0.15, 0.2) is 0 Å². The van der Waals surface area contributed by atoms with Crippen molar-refractivity contribution in [2.24, 2.45) is 0 Å². The van der Waals surface area contributed by atoms with Crippen LogP contribution in [0.4, 0.5) is 0 Å². The lowest BCUT2D eigenvalue weighted by atomic mass is 10.2. The lowest BCUT2D eigenvalue weighted by Crippen LogP contribution is -2.27. The molecule has 2 rings (SSSR count). The standard InChI is InChI=1S/C14H19N3O3/c1-17(3-5-18)4-6-20-14-8-11(19-2)7-13-12(14)9-15-10-16-13/h7-10,18H,3-6H2,1-2H3. The fourth-order valence-electron chi connectivity index (χ4n) is 1.86. The quantitative estimate of drug-likeness (QED) is 0.812. The van der Waals surface area contributed by atoms with Gasteiger partial charge in [-0.1, -0.05) is 0 Å². The van der Waals surface area contributed by atoms with Crippen LogP contribution in [0.15, 0.2) is 24.7 Å². The van der Waals surface area contributed by atoms with E-state index in [4.69, 9.17) is 14.6 Å². The molecule has 1 heterocycles. The Morgan fingerprint density at radius 1 is 1.30 bits per heavy atom. The zero-order chi connectivity index (χ0) is 14.4. The lowest BCUT2D eigenvalue weighted by molar-refractivity contribution is 0.193. The van der Waals surface area contributed by atoms with E-state index in [2.05, 4.69) is 9.97 Å². The molecule has 0 atom stereocenters. The number of benzene rings is 1. The van der Waals surface area contributed by atoms with Crippen LogP contribution in [0.3, 0.4) is 0 Å². The van der Waals surface area contributed by atoms with Crippen molar-refractivity contribution < 1.29 is 14.6 Å². The molecule has 0 saturated heterocycles. The van der Waals surface area contributed by atoms with E-state index in [0.29, 0.717) is 24.7 Å². The van der Waals surface area contributed by atoms with Gasteiger partial charge in [0.2, 0.25) is 0 Å². The third-order valence-electron chi connectivity index (χ3n) is 3.01. The molecule has 1 aromatic carbocycles. The molecule has 0 aliphatic carbocycles. The van der Waals surface area contributed by atoms with Crippen LogP contribution < -0.4 is 9.47 Å². The summed E-state index contributed by atoms with van der Waals surface area (Å²) >= 11 is 0. The Morgan fingerprint density at radius 3 is 2.90 bits per heavy atom. The Hall–Kier alpha value is -1.92. The van der Waals surface area contributed by atoms with Gasteiger partial charge in [-0.3, -0.25) is 0 Å². The minimum atomic E-state index is 0.145. The fourth-order valence-corrected chi connectivity index (χ4v) is 1.86. The Balaban J connectivity index is 2.12. The molecule has 0 unspecified atom stereocenters. The second kappa shape index (κ2) is 7.02. The summed E-state index contributed by atoms with van der Waals surface area (Å²) in [7, 11) is 3.55. The first-order valence-corrected chi connectivity index (χ1v) is 6.44. The van der Waals surface area contributed by atoms with E-state index in [1.165, 1.54) is 6.33 Å². The number of hydrogen-bond acceptors (Lipinski definition) is 6. The maximum Gasteiger partial charge on any atom is 0.134 e. The zero-order valence-electron chi connectivity index (χ0n) is 11.7. The summed E-state index contributed by atoms with van der Waals surface area (Å²) in [5.41, 5.74) is 0.790. The number of aliphatic hydroxyl groups excluding tert-OH is 1. The maximum absolute atomic E-state index is 8.85. The van der Waals surface area contributed by atoms with Crippen LogP contribution in [-0.4, -0.2) is 60.4 Å². The number of nitrogens with zero attached hydrogens (tertiary/aromatic N) is 3. The SMILES string of the molecule is COc1cc(OCCN(C)CCO)c2cncnc2c1. The highest BCUT2D eigenvalue weighted by molar-refractivity contribution is 5.85. The van der Waals surface area contributed by atoms with E-state index in [-0.39, 0.29) is 6.61 Å². The molecule has 0 aliphatic rings. The largest absolute Gasteiger partial charge is 0.497 e. The van der Waals surface area contributed by atoms with Crippen molar-refractivity contribution in [3.05, 3.63) is 24.7 Å². The van der Waals surface area contributed by atoms with Crippen molar-refractivity contribution in [1.29, 1.82) is 0 Å². The summed E-state index contributed by atoms with van der Waals surface area (Å²) in [5, 5.41) is 9.71. The van der Waals surface area contributed by atoms with E-state index in [1.807, 2.05) is 24.1 Å². The first-order chi connectivity index (χ1) is 9.74. The molecule has 108 valence electrons. The molecule has 1 aromatic heterocycles. The highest BCUT2D eigenvalue weighted by Gasteiger charge is 2.07. The van der Waals surface area contributed by atoms with Gasteiger partial charge < -0.3 is 19.5 Å². The van der Waals surface area contributed by atoms with Crippen molar-refractivity contribution in [3.8, 4) is 11.5 Å². The van der Waals surface area contributed by atoms with Crippen molar-refractivity contribution in [3.63, 3.8) is 0 Å². The normalized spacial score (nSPS) is 11.0. The Labute approximate surface area is 118 Å². The van der Waals surface area contributed by atoms with Gasteiger partial charge in [-0.2, -0.15) is 0 Å². The Bertz CT molecular complexity index is 562. The smallest absolute Gasteiger partial charge is 0.134 e. The van der Waals surface area contributed by atoms with Crippen LogP contribution in [0.1, 0.15) is 0 Å². The van der Waals surface area contributed by atoms with Gasteiger partial charge in [-0.15, -0.1) is 0 Å². The predicted octanol–water partition coefficient (Wildman–Crippen LogP) is 0.941. The van der Waals surface area contributed by atoms with Crippen molar-refractivity contribution in [2.75, 3.05) is 40.5 Å². The second-order valence-corrected chi connectivity index (χ2v) is 4.46. The molecular formula is C14H19N3O3. The number of fused-ring (bicyclic) bond motifs is 1. The lowest BCUT2D eigenvalue weighted by Gasteiger charge is -2.16. The van der Waals surface area contributed by atoms with Gasteiger partial charge >= 0.3 is 0 Å². The summed E-state index contributed by atoms with van der Waals surface area (Å²) in [5.74, 6) is 1.41. The average Bonchev–Trinajstić information content (AvgIpc) is 2.47. The molecule has 6 heteroatoms. The predicted molar refractivity (Wildman–Crippen MR) is 76.2 cm³/mol. The van der Waals surface area contributed by atoms with E-state index in [1.54, 1.807) is 13.3 Å². The summed E-state index contributed by atoms with van der Waals surface area (Å²) in [6.07, 6.45) is 3.23. The van der Waals surface area contributed by atoms with Crippen LogP contribution >= 0.6 is 0 Å². The van der Waals surface area contributed by atoms with E-state index in [9.17, 15) is 0 Å². The molecular weight excluding hydrogens is 258 g/mol. The second-order valence-electron chi connectivity index (χ2n) is 4.46. The Kier molecular flexibility index (Phi) is 5.09. The molecule has 0 saturated carbocycles. The first-order valence-electron chi connectivity index (χ1n) is 6.44. The number of methoxy groups -OCH3 is 1. The number of aromatic nitrogens is 2. The minimum absolute atomic E-state index is 0.145. The van der Waals surface area contributed by atoms with E-state index in [0.717, 1.165) is 17.4 Å². The number of ether oxygens (including phenoxy) is 2. The Morgan fingerprint density at radius 2 is 2.15 bits per heavy atom. The molecule has 0 radical (unpaired) electrons. The topological polar surface area (TPSA) is 67.7 Å². The highest BCUT2D eigenvalue weighted by atomic mass is 16.5. The van der Waals surface area contributed by atoms with Crippen LogP contribution in [0.25, 0.3) is 10.9 Å². The number of aliphatic hydroxyl groups is 1. The average molecular weight is 277 g/mol. The molecule has 6 nitrogen and oxygen atoms in total. The van der Waals surface area contributed by atoms with E-state index >= 15 is 0 Å². The van der Waals surface area contributed by atoms with Crippen molar-refractivity contribution >= 4 is 10.9 Å². The molecule has 0 amide bonds. The highest BCUT2D eigenvalue weighted by Crippen LogP contribution is 2.29. The summed E-state index contributed by atoms with van der Waals surface area (Å²) in [4.78, 5) is 10.2. The molecule has 0 spiro atoms. The summed E-state index contributed by atoms with van der Waals surface area (Å²) in [6, 6.07) is 3.68. The van der Waals surface area contributed by atoms with Gasteiger partial charge in [0.1, 0.15) is 24.4 Å².